The van der Waals surface area contributed by atoms with Gasteiger partial charge in [-0.2, -0.15) is 0 Å². The van der Waals surface area contributed by atoms with E-state index in [4.69, 9.17) is 4.42 Å². The maximum atomic E-state index is 11.4. The van der Waals surface area contributed by atoms with Crippen molar-refractivity contribution < 1.29 is 23.5 Å². The van der Waals surface area contributed by atoms with E-state index in [0.29, 0.717) is 11.5 Å². The molecule has 1 N–H and O–H groups in total. The summed E-state index contributed by atoms with van der Waals surface area (Å²) >= 11 is 0. The van der Waals surface area contributed by atoms with Crippen molar-refractivity contribution >= 4 is 12.1 Å². The Labute approximate surface area is 92.5 Å². The van der Waals surface area contributed by atoms with Crippen LogP contribution in [0.4, 0.5) is 4.79 Å². The summed E-state index contributed by atoms with van der Waals surface area (Å²) in [6.45, 7) is 1.73. The van der Waals surface area contributed by atoms with E-state index in [1.807, 2.05) is 0 Å². The highest BCUT2D eigenvalue weighted by atomic mass is 16.5. The van der Waals surface area contributed by atoms with E-state index in [1.54, 1.807) is 19.1 Å². The molecule has 1 rings (SSSR count). The van der Waals surface area contributed by atoms with Crippen LogP contribution in [0.15, 0.2) is 16.5 Å². The van der Waals surface area contributed by atoms with Crippen LogP contribution in [0.1, 0.15) is 17.6 Å². The highest BCUT2D eigenvalue weighted by Crippen LogP contribution is 2.17. The van der Waals surface area contributed by atoms with Crippen molar-refractivity contribution in [2.24, 2.45) is 0 Å². The van der Waals surface area contributed by atoms with Crippen molar-refractivity contribution in [2.75, 3.05) is 14.2 Å². The molecule has 1 aromatic heterocycles. The van der Waals surface area contributed by atoms with Gasteiger partial charge in [-0.15, -0.1) is 0 Å². The Bertz CT molecular complexity index is 384. The molecule has 0 aromatic carbocycles. The number of esters is 1. The molecule has 0 saturated carbocycles. The summed E-state index contributed by atoms with van der Waals surface area (Å²) in [5.74, 6) is 0.310. The lowest BCUT2D eigenvalue weighted by Gasteiger charge is -2.13. The molecule has 0 saturated heterocycles. The first kappa shape index (κ1) is 12.1. The van der Waals surface area contributed by atoms with Crippen LogP contribution in [0.2, 0.25) is 0 Å². The van der Waals surface area contributed by atoms with Gasteiger partial charge in [0.05, 0.1) is 14.2 Å². The molecule has 0 aliphatic rings. The molecule has 1 aromatic rings. The number of alkyl carbamates (subject to hydrolysis) is 1. The number of methoxy groups -OCH3 is 2. The highest BCUT2D eigenvalue weighted by Gasteiger charge is 2.26. The minimum absolute atomic E-state index is 0.301. The number of ether oxygens (including phenoxy) is 2. The Morgan fingerprint density at radius 2 is 2.00 bits per heavy atom. The van der Waals surface area contributed by atoms with Crippen molar-refractivity contribution in [2.45, 2.75) is 13.0 Å². The number of rotatable bonds is 3. The van der Waals surface area contributed by atoms with Gasteiger partial charge in [0.1, 0.15) is 11.5 Å². The fourth-order valence-electron chi connectivity index (χ4n) is 1.15. The van der Waals surface area contributed by atoms with Gasteiger partial charge in [0.2, 0.25) is 0 Å². The zero-order valence-electron chi connectivity index (χ0n) is 9.27. The summed E-state index contributed by atoms with van der Waals surface area (Å²) in [6.07, 6.45) is -0.732. The molecule has 0 aliphatic heterocycles. The number of carbonyl (C=O) groups is 2. The molecule has 1 amide bonds. The molecule has 0 fully saturated rings. The first-order chi connectivity index (χ1) is 7.58. The number of furan rings is 1. The van der Waals surface area contributed by atoms with Gasteiger partial charge < -0.3 is 19.2 Å². The zero-order valence-corrected chi connectivity index (χ0v) is 9.27. The maximum Gasteiger partial charge on any atom is 0.407 e. The lowest BCUT2D eigenvalue weighted by Crippen LogP contribution is -2.34. The van der Waals surface area contributed by atoms with Gasteiger partial charge in [0, 0.05) is 0 Å². The quantitative estimate of drug-likeness (QED) is 0.784. The van der Waals surface area contributed by atoms with Gasteiger partial charge in [-0.25, -0.2) is 9.59 Å². The number of nitrogens with one attached hydrogen (secondary N) is 1. The first-order valence-electron chi connectivity index (χ1n) is 4.57. The molecule has 1 atom stereocenters. The molecule has 0 aliphatic carbocycles. The van der Waals surface area contributed by atoms with Crippen molar-refractivity contribution in [1.82, 2.24) is 5.32 Å². The van der Waals surface area contributed by atoms with Gasteiger partial charge in [0.15, 0.2) is 6.04 Å². The lowest BCUT2D eigenvalue weighted by molar-refractivity contribution is -0.143. The van der Waals surface area contributed by atoms with Gasteiger partial charge >= 0.3 is 12.1 Å². The molecule has 0 bridgehead atoms. The van der Waals surface area contributed by atoms with E-state index in [0.717, 1.165) is 0 Å². The van der Waals surface area contributed by atoms with E-state index < -0.39 is 18.1 Å². The highest BCUT2D eigenvalue weighted by molar-refractivity contribution is 5.81. The lowest BCUT2D eigenvalue weighted by atomic mass is 10.2. The van der Waals surface area contributed by atoms with Crippen LogP contribution in [-0.4, -0.2) is 26.3 Å². The first-order valence-corrected chi connectivity index (χ1v) is 4.57. The summed E-state index contributed by atoms with van der Waals surface area (Å²) in [5.41, 5.74) is 0. The topological polar surface area (TPSA) is 77.8 Å². The fourth-order valence-corrected chi connectivity index (χ4v) is 1.15. The minimum Gasteiger partial charge on any atom is -0.467 e. The van der Waals surface area contributed by atoms with Crippen LogP contribution in [0, 0.1) is 6.92 Å². The van der Waals surface area contributed by atoms with Crippen molar-refractivity contribution in [1.29, 1.82) is 0 Å². The SMILES string of the molecule is COC(=O)N[C@H](C(=O)OC)c1ccc(C)o1. The summed E-state index contributed by atoms with van der Waals surface area (Å²) in [7, 11) is 2.43. The van der Waals surface area contributed by atoms with Crippen LogP contribution in [-0.2, 0) is 14.3 Å². The predicted molar refractivity (Wildman–Crippen MR) is 53.7 cm³/mol. The third-order valence-electron chi connectivity index (χ3n) is 1.93. The number of amides is 1. The van der Waals surface area contributed by atoms with E-state index in [2.05, 4.69) is 14.8 Å². The number of hydrogen-bond donors (Lipinski definition) is 1. The molecule has 0 radical (unpaired) electrons. The molecule has 0 spiro atoms. The second-order valence-electron chi connectivity index (χ2n) is 3.04. The Balaban J connectivity index is 2.87. The number of carbonyl (C=O) groups excluding carboxylic acids is 2. The average molecular weight is 227 g/mol. The Kier molecular flexibility index (Phi) is 3.93. The van der Waals surface area contributed by atoms with Crippen molar-refractivity contribution in [3.63, 3.8) is 0 Å². The molecule has 1 heterocycles. The summed E-state index contributed by atoms with van der Waals surface area (Å²) in [6, 6.07) is 2.28. The Hall–Kier alpha value is -1.98. The van der Waals surface area contributed by atoms with Crippen molar-refractivity contribution in [3.8, 4) is 0 Å². The van der Waals surface area contributed by atoms with Crippen LogP contribution >= 0.6 is 0 Å². The zero-order chi connectivity index (χ0) is 12.1. The molecule has 88 valence electrons. The van der Waals surface area contributed by atoms with Crippen LogP contribution < -0.4 is 5.32 Å². The second kappa shape index (κ2) is 5.20. The molecular weight excluding hydrogens is 214 g/mol. The van der Waals surface area contributed by atoms with Gasteiger partial charge in [0.25, 0.3) is 0 Å². The summed E-state index contributed by atoms with van der Waals surface area (Å²) in [5, 5.41) is 2.32. The third kappa shape index (κ3) is 2.75. The largest absolute Gasteiger partial charge is 0.467 e. The molecule has 0 unspecified atom stereocenters. The fraction of sp³-hybridized carbons (Fsp3) is 0.400. The summed E-state index contributed by atoms with van der Waals surface area (Å²) in [4.78, 5) is 22.5. The molecule has 16 heavy (non-hydrogen) atoms. The summed E-state index contributed by atoms with van der Waals surface area (Å²) < 4.78 is 14.2. The third-order valence-corrected chi connectivity index (χ3v) is 1.93. The van der Waals surface area contributed by atoms with E-state index in [1.165, 1.54) is 14.2 Å². The number of hydrogen-bond acceptors (Lipinski definition) is 5. The van der Waals surface area contributed by atoms with Gasteiger partial charge in [-0.1, -0.05) is 0 Å². The van der Waals surface area contributed by atoms with Gasteiger partial charge in [-0.3, -0.25) is 0 Å². The molecule has 6 heteroatoms. The Morgan fingerprint density at radius 1 is 1.31 bits per heavy atom. The minimum atomic E-state index is -0.994. The maximum absolute atomic E-state index is 11.4. The second-order valence-corrected chi connectivity index (χ2v) is 3.04. The van der Waals surface area contributed by atoms with Gasteiger partial charge in [-0.05, 0) is 19.1 Å². The van der Waals surface area contributed by atoms with E-state index in [9.17, 15) is 9.59 Å². The van der Waals surface area contributed by atoms with Crippen LogP contribution in [0.25, 0.3) is 0 Å². The van der Waals surface area contributed by atoms with E-state index in [-0.39, 0.29) is 0 Å². The van der Waals surface area contributed by atoms with E-state index >= 15 is 0 Å². The average Bonchev–Trinajstić information content (AvgIpc) is 2.71. The van der Waals surface area contributed by atoms with Crippen LogP contribution in [0.5, 0.6) is 0 Å². The molecule has 6 nitrogen and oxygen atoms in total. The van der Waals surface area contributed by atoms with Crippen molar-refractivity contribution in [3.05, 3.63) is 23.7 Å². The molecular formula is C10H13NO5. The smallest absolute Gasteiger partial charge is 0.407 e. The number of aryl methyl sites for hydroxylation is 1. The normalized spacial score (nSPS) is 11.7. The predicted octanol–water partition coefficient (Wildman–Crippen LogP) is 1.16. The standard InChI is InChI=1S/C10H13NO5/c1-6-4-5-7(16-6)8(9(12)14-2)11-10(13)15-3/h4-5,8H,1-3H3,(H,11,13)/t8-/m0/s1. The Morgan fingerprint density at radius 3 is 2.44 bits per heavy atom. The monoisotopic (exact) mass is 227 g/mol. The van der Waals surface area contributed by atoms with Crippen LogP contribution in [0.3, 0.4) is 0 Å².